The van der Waals surface area contributed by atoms with Gasteiger partial charge in [-0.15, -0.1) is 0 Å². The summed E-state index contributed by atoms with van der Waals surface area (Å²) >= 11 is 3.17. The van der Waals surface area contributed by atoms with E-state index in [1.54, 1.807) is 6.07 Å². The van der Waals surface area contributed by atoms with E-state index in [0.29, 0.717) is 10.2 Å². The van der Waals surface area contributed by atoms with Gasteiger partial charge >= 0.3 is 5.97 Å². The van der Waals surface area contributed by atoms with Crippen LogP contribution in [0.4, 0.5) is 20.2 Å². The van der Waals surface area contributed by atoms with Crippen LogP contribution < -0.4 is 5.32 Å². The van der Waals surface area contributed by atoms with Crippen LogP contribution in [-0.4, -0.2) is 16.1 Å². The number of benzene rings is 1. The smallest absolute Gasteiger partial charge is 0.337 e. The molecule has 19 heavy (non-hydrogen) atoms. The van der Waals surface area contributed by atoms with Crippen molar-refractivity contribution in [2.45, 2.75) is 0 Å². The van der Waals surface area contributed by atoms with Crippen LogP contribution in [0.3, 0.4) is 0 Å². The van der Waals surface area contributed by atoms with Gasteiger partial charge < -0.3 is 10.4 Å². The third-order valence-corrected chi connectivity index (χ3v) is 2.73. The van der Waals surface area contributed by atoms with Gasteiger partial charge in [-0.1, -0.05) is 0 Å². The molecule has 0 saturated carbocycles. The summed E-state index contributed by atoms with van der Waals surface area (Å²) in [5, 5.41) is 11.5. The Morgan fingerprint density at radius 1 is 1.32 bits per heavy atom. The van der Waals surface area contributed by atoms with Crippen molar-refractivity contribution < 1.29 is 18.7 Å². The number of aromatic carboxylic acids is 1. The number of nitrogens with one attached hydrogen (secondary N) is 1. The minimum atomic E-state index is -1.36. The summed E-state index contributed by atoms with van der Waals surface area (Å²) in [5.74, 6) is -3.74. The van der Waals surface area contributed by atoms with Crippen LogP contribution in [-0.2, 0) is 0 Å². The molecule has 0 aliphatic heterocycles. The zero-order chi connectivity index (χ0) is 14.0. The van der Waals surface area contributed by atoms with E-state index in [1.165, 1.54) is 12.4 Å². The molecule has 1 aromatic heterocycles. The summed E-state index contributed by atoms with van der Waals surface area (Å²) in [4.78, 5) is 14.8. The molecular weight excluding hydrogens is 322 g/mol. The van der Waals surface area contributed by atoms with E-state index in [9.17, 15) is 13.6 Å². The normalized spacial score (nSPS) is 10.3. The Labute approximate surface area is 115 Å². The number of carbonyl (C=O) groups is 1. The van der Waals surface area contributed by atoms with Crippen LogP contribution in [0.2, 0.25) is 0 Å². The SMILES string of the molecule is O=C(O)c1ccc(F)c(F)c1Nc1cncc(Br)c1. The fourth-order valence-corrected chi connectivity index (χ4v) is 1.84. The standard InChI is InChI=1S/C12H7BrF2N2O2/c13-6-3-7(5-16-4-6)17-11-8(12(18)19)1-2-9(14)10(11)15/h1-5,17H,(H,18,19). The molecular formula is C12H7BrF2N2O2. The molecule has 1 heterocycles. The molecule has 2 rings (SSSR count). The van der Waals surface area contributed by atoms with Crippen molar-refractivity contribution >= 4 is 33.3 Å². The van der Waals surface area contributed by atoms with E-state index < -0.39 is 23.3 Å². The van der Waals surface area contributed by atoms with E-state index in [0.717, 1.165) is 12.1 Å². The fourth-order valence-electron chi connectivity index (χ4n) is 1.48. The Morgan fingerprint density at radius 3 is 2.68 bits per heavy atom. The lowest BCUT2D eigenvalue weighted by Gasteiger charge is -2.11. The number of anilines is 2. The molecule has 2 aromatic rings. The van der Waals surface area contributed by atoms with Crippen molar-refractivity contribution in [3.05, 3.63) is 52.3 Å². The van der Waals surface area contributed by atoms with Crippen LogP contribution >= 0.6 is 15.9 Å². The highest BCUT2D eigenvalue weighted by atomic mass is 79.9. The van der Waals surface area contributed by atoms with Gasteiger partial charge in [0.05, 0.1) is 23.1 Å². The molecule has 7 heteroatoms. The maximum Gasteiger partial charge on any atom is 0.337 e. The van der Waals surface area contributed by atoms with Gasteiger partial charge in [-0.2, -0.15) is 0 Å². The van der Waals surface area contributed by atoms with Crippen molar-refractivity contribution in [1.29, 1.82) is 0 Å². The van der Waals surface area contributed by atoms with Crippen molar-refractivity contribution in [2.24, 2.45) is 0 Å². The van der Waals surface area contributed by atoms with Gasteiger partial charge in [0, 0.05) is 10.7 Å². The second-order valence-corrected chi connectivity index (χ2v) is 4.52. The average molecular weight is 329 g/mol. The molecule has 0 atom stereocenters. The van der Waals surface area contributed by atoms with Gasteiger partial charge in [0.2, 0.25) is 0 Å². The van der Waals surface area contributed by atoms with Gasteiger partial charge in [-0.25, -0.2) is 13.6 Å². The van der Waals surface area contributed by atoms with Crippen LogP contribution in [0.15, 0.2) is 35.1 Å². The monoisotopic (exact) mass is 328 g/mol. The maximum atomic E-state index is 13.7. The summed E-state index contributed by atoms with van der Waals surface area (Å²) in [5.41, 5.74) is -0.465. The van der Waals surface area contributed by atoms with Crippen molar-refractivity contribution in [3.8, 4) is 0 Å². The third kappa shape index (κ3) is 2.87. The number of nitrogens with zero attached hydrogens (tertiary/aromatic N) is 1. The summed E-state index contributed by atoms with van der Waals surface area (Å²) in [6.07, 6.45) is 2.87. The van der Waals surface area contributed by atoms with Crippen molar-refractivity contribution in [1.82, 2.24) is 4.98 Å². The molecule has 0 bridgehead atoms. The number of pyridine rings is 1. The van der Waals surface area contributed by atoms with Gasteiger partial charge in [0.25, 0.3) is 0 Å². The summed E-state index contributed by atoms with van der Waals surface area (Å²) in [6, 6.07) is 3.32. The lowest BCUT2D eigenvalue weighted by molar-refractivity contribution is 0.0697. The zero-order valence-electron chi connectivity index (χ0n) is 9.32. The van der Waals surface area contributed by atoms with E-state index in [-0.39, 0.29) is 5.56 Å². The first kappa shape index (κ1) is 13.4. The van der Waals surface area contributed by atoms with E-state index in [2.05, 4.69) is 26.2 Å². The van der Waals surface area contributed by atoms with Gasteiger partial charge in [0.15, 0.2) is 11.6 Å². The zero-order valence-corrected chi connectivity index (χ0v) is 10.9. The molecule has 0 fully saturated rings. The highest BCUT2D eigenvalue weighted by Crippen LogP contribution is 2.27. The van der Waals surface area contributed by atoms with Crippen molar-refractivity contribution in [2.75, 3.05) is 5.32 Å². The van der Waals surface area contributed by atoms with Crippen LogP contribution in [0.25, 0.3) is 0 Å². The predicted molar refractivity (Wildman–Crippen MR) is 68.5 cm³/mol. The van der Waals surface area contributed by atoms with Crippen LogP contribution in [0.5, 0.6) is 0 Å². The largest absolute Gasteiger partial charge is 0.478 e. The van der Waals surface area contributed by atoms with E-state index >= 15 is 0 Å². The molecule has 0 aliphatic carbocycles. The molecule has 98 valence electrons. The van der Waals surface area contributed by atoms with Gasteiger partial charge in [0.1, 0.15) is 0 Å². The highest BCUT2D eigenvalue weighted by Gasteiger charge is 2.18. The summed E-state index contributed by atoms with van der Waals surface area (Å²) in [6.45, 7) is 0. The Kier molecular flexibility index (Phi) is 3.75. The summed E-state index contributed by atoms with van der Waals surface area (Å²) in [7, 11) is 0. The van der Waals surface area contributed by atoms with Crippen LogP contribution in [0.1, 0.15) is 10.4 Å². The number of rotatable bonds is 3. The Hall–Kier alpha value is -2.02. The molecule has 0 saturated heterocycles. The number of carboxylic acids is 1. The molecule has 0 unspecified atom stereocenters. The number of halogens is 3. The Morgan fingerprint density at radius 2 is 2.05 bits per heavy atom. The fraction of sp³-hybridized carbons (Fsp3) is 0. The second kappa shape index (κ2) is 5.31. The first-order chi connectivity index (χ1) is 8.99. The topological polar surface area (TPSA) is 62.2 Å². The predicted octanol–water partition coefficient (Wildman–Crippen LogP) is 3.56. The molecule has 0 spiro atoms. The first-order valence-corrected chi connectivity index (χ1v) is 5.87. The Balaban J connectivity index is 2.49. The molecule has 4 nitrogen and oxygen atoms in total. The van der Waals surface area contributed by atoms with Gasteiger partial charge in [-0.05, 0) is 34.1 Å². The van der Waals surface area contributed by atoms with E-state index in [1.807, 2.05) is 0 Å². The first-order valence-electron chi connectivity index (χ1n) is 5.08. The Bertz CT molecular complexity index is 650. The molecule has 2 N–H and O–H groups in total. The minimum absolute atomic E-state index is 0.335. The average Bonchev–Trinajstić information content (AvgIpc) is 2.35. The maximum absolute atomic E-state index is 13.7. The highest BCUT2D eigenvalue weighted by molar-refractivity contribution is 9.10. The second-order valence-electron chi connectivity index (χ2n) is 3.61. The number of hydrogen-bond donors (Lipinski definition) is 2. The molecule has 0 radical (unpaired) electrons. The number of hydrogen-bond acceptors (Lipinski definition) is 3. The summed E-state index contributed by atoms with van der Waals surface area (Å²) < 4.78 is 27.5. The molecule has 0 amide bonds. The number of carboxylic acid groups (broad SMARTS) is 1. The lowest BCUT2D eigenvalue weighted by atomic mass is 10.1. The minimum Gasteiger partial charge on any atom is -0.478 e. The molecule has 0 aliphatic rings. The van der Waals surface area contributed by atoms with Gasteiger partial charge in [-0.3, -0.25) is 4.98 Å². The number of aromatic nitrogens is 1. The lowest BCUT2D eigenvalue weighted by Crippen LogP contribution is -2.06. The quantitative estimate of drug-likeness (QED) is 0.904. The van der Waals surface area contributed by atoms with E-state index in [4.69, 9.17) is 5.11 Å². The van der Waals surface area contributed by atoms with Crippen LogP contribution in [0, 0.1) is 11.6 Å². The molecule has 1 aromatic carbocycles. The van der Waals surface area contributed by atoms with Crippen molar-refractivity contribution in [3.63, 3.8) is 0 Å². The third-order valence-electron chi connectivity index (χ3n) is 2.30.